The summed E-state index contributed by atoms with van der Waals surface area (Å²) in [6.07, 6.45) is 1.25. The highest BCUT2D eigenvalue weighted by molar-refractivity contribution is 9.10. The van der Waals surface area contributed by atoms with Crippen LogP contribution in [0, 0.1) is 0 Å². The summed E-state index contributed by atoms with van der Waals surface area (Å²) in [6.45, 7) is 2.21. The predicted molar refractivity (Wildman–Crippen MR) is 93.2 cm³/mol. The first-order valence-corrected chi connectivity index (χ1v) is 9.23. The molecule has 1 saturated heterocycles. The average molecular weight is 360 g/mol. The smallest absolute Gasteiger partial charge is 0.0209 e. The number of halogens is 1. The molecule has 2 aromatic rings. The van der Waals surface area contributed by atoms with Crippen LogP contribution in [0.2, 0.25) is 0 Å². The van der Waals surface area contributed by atoms with Gasteiger partial charge in [0.15, 0.2) is 0 Å². The highest BCUT2D eigenvalue weighted by Crippen LogP contribution is 2.47. The van der Waals surface area contributed by atoms with E-state index in [1.165, 1.54) is 27.1 Å². The van der Waals surface area contributed by atoms with Crippen molar-refractivity contribution in [3.63, 3.8) is 0 Å². The van der Waals surface area contributed by atoms with Gasteiger partial charge in [-0.1, -0.05) is 46.3 Å². The Bertz CT molecular complexity index is 666. The summed E-state index contributed by atoms with van der Waals surface area (Å²) < 4.78 is 1.19. The quantitative estimate of drug-likeness (QED) is 0.861. The number of hydrogen-bond acceptors (Lipinski definition) is 2. The van der Waals surface area contributed by atoms with Gasteiger partial charge in [0.25, 0.3) is 0 Å². The summed E-state index contributed by atoms with van der Waals surface area (Å²) in [7, 11) is 0. The van der Waals surface area contributed by atoms with Crippen molar-refractivity contribution >= 4 is 27.7 Å². The zero-order chi connectivity index (χ0) is 14.3. The Kier molecular flexibility index (Phi) is 3.60. The first-order chi connectivity index (χ1) is 10.3. The van der Waals surface area contributed by atoms with Gasteiger partial charge < -0.3 is 5.32 Å². The Morgan fingerprint density at radius 1 is 1.14 bits per heavy atom. The molecule has 0 aromatic heterocycles. The fraction of sp³-hybridized carbons (Fsp3) is 0.333. The van der Waals surface area contributed by atoms with Gasteiger partial charge in [-0.3, -0.25) is 0 Å². The predicted octanol–water partition coefficient (Wildman–Crippen LogP) is 4.57. The van der Waals surface area contributed by atoms with Crippen LogP contribution in [-0.2, 0) is 5.41 Å². The van der Waals surface area contributed by atoms with Crippen molar-refractivity contribution in [2.45, 2.75) is 22.6 Å². The molecule has 0 amide bonds. The standard InChI is InChI=1S/C18H18BrNS/c19-15-5-3-4-14(8-15)18(11-20-12-18)9-13-10-21-17-7-2-1-6-16(13)17/h1-8,13,20H,9-12H2. The Morgan fingerprint density at radius 2 is 2.00 bits per heavy atom. The van der Waals surface area contributed by atoms with E-state index in [1.807, 2.05) is 11.8 Å². The maximum Gasteiger partial charge on any atom is 0.0209 e. The molecule has 1 unspecified atom stereocenters. The van der Waals surface area contributed by atoms with Crippen LogP contribution in [0.25, 0.3) is 0 Å². The molecule has 0 radical (unpaired) electrons. The Labute approximate surface area is 138 Å². The molecule has 0 saturated carbocycles. The van der Waals surface area contributed by atoms with Crippen molar-refractivity contribution in [1.29, 1.82) is 0 Å². The van der Waals surface area contributed by atoms with Crippen LogP contribution in [0.3, 0.4) is 0 Å². The average Bonchev–Trinajstić information content (AvgIpc) is 2.86. The van der Waals surface area contributed by atoms with E-state index in [0.717, 1.165) is 13.1 Å². The minimum Gasteiger partial charge on any atom is -0.315 e. The van der Waals surface area contributed by atoms with Gasteiger partial charge in [-0.2, -0.15) is 0 Å². The molecule has 1 nitrogen and oxygen atoms in total. The minimum absolute atomic E-state index is 0.312. The second-order valence-corrected chi connectivity index (χ2v) is 8.12. The maximum atomic E-state index is 3.62. The van der Waals surface area contributed by atoms with Crippen LogP contribution in [0.15, 0.2) is 57.9 Å². The second-order valence-electron chi connectivity index (χ2n) is 6.14. The van der Waals surface area contributed by atoms with Gasteiger partial charge in [-0.05, 0) is 41.7 Å². The number of thioether (sulfide) groups is 1. The van der Waals surface area contributed by atoms with Crippen LogP contribution in [0.4, 0.5) is 0 Å². The van der Waals surface area contributed by atoms with E-state index < -0.39 is 0 Å². The summed E-state index contributed by atoms with van der Waals surface area (Å²) in [5.41, 5.74) is 3.35. The Morgan fingerprint density at radius 3 is 2.76 bits per heavy atom. The zero-order valence-corrected chi connectivity index (χ0v) is 14.2. The van der Waals surface area contributed by atoms with Crippen LogP contribution < -0.4 is 5.32 Å². The lowest BCUT2D eigenvalue weighted by Crippen LogP contribution is -2.57. The first-order valence-electron chi connectivity index (χ1n) is 7.45. The topological polar surface area (TPSA) is 12.0 Å². The summed E-state index contributed by atoms with van der Waals surface area (Å²) in [4.78, 5) is 1.49. The van der Waals surface area contributed by atoms with Crippen LogP contribution in [-0.4, -0.2) is 18.8 Å². The number of nitrogens with one attached hydrogen (secondary N) is 1. The fourth-order valence-electron chi connectivity index (χ4n) is 3.58. The second kappa shape index (κ2) is 5.45. The molecule has 2 heterocycles. The van der Waals surface area contributed by atoms with E-state index in [2.05, 4.69) is 69.8 Å². The fourth-order valence-corrected chi connectivity index (χ4v) is 5.23. The number of benzene rings is 2. The Balaban J connectivity index is 1.64. The molecule has 108 valence electrons. The van der Waals surface area contributed by atoms with E-state index in [4.69, 9.17) is 0 Å². The van der Waals surface area contributed by atoms with E-state index in [-0.39, 0.29) is 0 Å². The molecule has 2 aliphatic heterocycles. The number of fused-ring (bicyclic) bond motifs is 1. The van der Waals surface area contributed by atoms with E-state index in [0.29, 0.717) is 11.3 Å². The molecule has 0 spiro atoms. The highest BCUT2D eigenvalue weighted by atomic mass is 79.9. The SMILES string of the molecule is Brc1cccc(C2(CC3CSc4ccccc43)CNC2)c1. The molecule has 2 aromatic carbocycles. The highest BCUT2D eigenvalue weighted by Gasteiger charge is 2.42. The molecule has 0 aliphatic carbocycles. The molecule has 0 bridgehead atoms. The summed E-state index contributed by atoms with van der Waals surface area (Å²) >= 11 is 5.64. The van der Waals surface area contributed by atoms with Crippen LogP contribution >= 0.6 is 27.7 Å². The molecule has 21 heavy (non-hydrogen) atoms. The summed E-state index contributed by atoms with van der Waals surface area (Å²) in [5, 5.41) is 3.50. The summed E-state index contributed by atoms with van der Waals surface area (Å²) in [6, 6.07) is 17.8. The first kappa shape index (κ1) is 13.9. The van der Waals surface area contributed by atoms with Crippen molar-refractivity contribution in [2.24, 2.45) is 0 Å². The lowest BCUT2D eigenvalue weighted by Gasteiger charge is -2.45. The van der Waals surface area contributed by atoms with E-state index in [1.54, 1.807) is 5.56 Å². The van der Waals surface area contributed by atoms with Gasteiger partial charge >= 0.3 is 0 Å². The molecule has 1 atom stereocenters. The molecule has 4 rings (SSSR count). The van der Waals surface area contributed by atoms with Gasteiger partial charge in [0.1, 0.15) is 0 Å². The van der Waals surface area contributed by atoms with Crippen molar-refractivity contribution in [1.82, 2.24) is 5.32 Å². The number of rotatable bonds is 3. The third-order valence-corrected chi connectivity index (χ3v) is 6.54. The minimum atomic E-state index is 0.312. The molecule has 1 fully saturated rings. The Hall–Kier alpha value is -0.770. The third kappa shape index (κ3) is 2.45. The lowest BCUT2D eigenvalue weighted by atomic mass is 9.69. The van der Waals surface area contributed by atoms with Gasteiger partial charge in [0.2, 0.25) is 0 Å². The summed E-state index contributed by atoms with van der Waals surface area (Å²) in [5.74, 6) is 1.92. The molecular weight excluding hydrogens is 342 g/mol. The van der Waals surface area contributed by atoms with Crippen molar-refractivity contribution in [3.8, 4) is 0 Å². The normalized spacial score (nSPS) is 22.6. The van der Waals surface area contributed by atoms with Crippen LogP contribution in [0.1, 0.15) is 23.5 Å². The lowest BCUT2D eigenvalue weighted by molar-refractivity contribution is 0.245. The van der Waals surface area contributed by atoms with E-state index in [9.17, 15) is 0 Å². The zero-order valence-electron chi connectivity index (χ0n) is 11.8. The van der Waals surface area contributed by atoms with Crippen molar-refractivity contribution < 1.29 is 0 Å². The molecule has 1 N–H and O–H groups in total. The van der Waals surface area contributed by atoms with Gasteiger partial charge in [0.05, 0.1) is 0 Å². The van der Waals surface area contributed by atoms with Crippen molar-refractivity contribution in [3.05, 3.63) is 64.1 Å². The molecular formula is C18H18BrNS. The largest absolute Gasteiger partial charge is 0.315 e. The monoisotopic (exact) mass is 359 g/mol. The van der Waals surface area contributed by atoms with Crippen LogP contribution in [0.5, 0.6) is 0 Å². The maximum absolute atomic E-state index is 3.62. The van der Waals surface area contributed by atoms with Gasteiger partial charge in [-0.15, -0.1) is 11.8 Å². The molecule has 3 heteroatoms. The van der Waals surface area contributed by atoms with Gasteiger partial charge in [0, 0.05) is 33.6 Å². The van der Waals surface area contributed by atoms with E-state index >= 15 is 0 Å². The van der Waals surface area contributed by atoms with Crippen molar-refractivity contribution in [2.75, 3.05) is 18.8 Å². The third-order valence-electron chi connectivity index (χ3n) is 4.80. The number of hydrogen-bond donors (Lipinski definition) is 1. The van der Waals surface area contributed by atoms with Gasteiger partial charge in [-0.25, -0.2) is 0 Å². The molecule has 2 aliphatic rings.